The summed E-state index contributed by atoms with van der Waals surface area (Å²) < 4.78 is 10.2. The molecule has 0 aromatic carbocycles. The fourth-order valence-electron chi connectivity index (χ4n) is 1.03. The summed E-state index contributed by atoms with van der Waals surface area (Å²) in [7, 11) is 0. The summed E-state index contributed by atoms with van der Waals surface area (Å²) in [6.07, 6.45) is 2.74. The van der Waals surface area contributed by atoms with E-state index in [9.17, 15) is 0 Å². The lowest BCUT2D eigenvalue weighted by molar-refractivity contribution is 0.140. The number of hydrogen-bond acceptors (Lipinski definition) is 5. The van der Waals surface area contributed by atoms with Crippen LogP contribution in [-0.2, 0) is 11.3 Å². The third kappa shape index (κ3) is 5.29. The molecule has 1 N–H and O–H groups in total. The fourth-order valence-corrected chi connectivity index (χ4v) is 1.03. The minimum Gasteiger partial charge on any atom is -0.380 e. The Labute approximate surface area is 89.5 Å². The van der Waals surface area contributed by atoms with Gasteiger partial charge < -0.3 is 14.6 Å². The van der Waals surface area contributed by atoms with Crippen molar-refractivity contribution >= 4 is 0 Å². The molecule has 0 aliphatic rings. The predicted molar refractivity (Wildman–Crippen MR) is 56.4 cm³/mol. The highest BCUT2D eigenvalue weighted by Gasteiger charge is 1.99. The van der Waals surface area contributed by atoms with E-state index in [-0.39, 0.29) is 0 Å². The molecular weight excluding hydrogens is 194 g/mol. The van der Waals surface area contributed by atoms with Crippen molar-refractivity contribution in [3.05, 3.63) is 24.4 Å². The number of nitrogens with one attached hydrogen (secondary N) is 1. The number of aryl methyl sites for hydroxylation is 1. The molecule has 1 heterocycles. The lowest BCUT2D eigenvalue weighted by Crippen LogP contribution is -2.20. The van der Waals surface area contributed by atoms with E-state index in [4.69, 9.17) is 9.26 Å². The molecule has 5 nitrogen and oxygen atoms in total. The fraction of sp³-hybridized carbons (Fsp3) is 0.600. The normalized spacial score (nSPS) is 10.5. The second kappa shape index (κ2) is 7.14. The first-order valence-electron chi connectivity index (χ1n) is 5.01. The summed E-state index contributed by atoms with van der Waals surface area (Å²) in [6, 6.07) is 0. The average Bonchev–Trinajstić information content (AvgIpc) is 2.63. The zero-order valence-corrected chi connectivity index (χ0v) is 9.03. The third-order valence-corrected chi connectivity index (χ3v) is 1.74. The van der Waals surface area contributed by atoms with Gasteiger partial charge in [-0.1, -0.05) is 11.2 Å². The minimum atomic E-state index is 0.592. The van der Waals surface area contributed by atoms with Crippen LogP contribution < -0.4 is 5.32 Å². The summed E-state index contributed by atoms with van der Waals surface area (Å²) in [4.78, 5) is 4.06. The van der Waals surface area contributed by atoms with Gasteiger partial charge in [0.05, 0.1) is 19.8 Å². The molecule has 5 heteroatoms. The SMILES string of the molecule is C=CCCOCCNCc1noc(C)n1. The average molecular weight is 211 g/mol. The van der Waals surface area contributed by atoms with E-state index in [1.165, 1.54) is 0 Å². The van der Waals surface area contributed by atoms with Gasteiger partial charge in [-0.15, -0.1) is 6.58 Å². The quantitative estimate of drug-likeness (QED) is 0.514. The summed E-state index contributed by atoms with van der Waals surface area (Å²) in [6.45, 7) is 8.20. The van der Waals surface area contributed by atoms with Crippen molar-refractivity contribution in [2.75, 3.05) is 19.8 Å². The van der Waals surface area contributed by atoms with Crippen molar-refractivity contribution in [1.29, 1.82) is 0 Å². The Morgan fingerprint density at radius 3 is 3.07 bits per heavy atom. The van der Waals surface area contributed by atoms with Crippen LogP contribution in [0.5, 0.6) is 0 Å². The largest absolute Gasteiger partial charge is 0.380 e. The molecule has 0 aliphatic carbocycles. The molecule has 0 bridgehead atoms. The van der Waals surface area contributed by atoms with Crippen molar-refractivity contribution < 1.29 is 9.26 Å². The van der Waals surface area contributed by atoms with Crippen LogP contribution in [0.1, 0.15) is 18.1 Å². The third-order valence-electron chi connectivity index (χ3n) is 1.74. The van der Waals surface area contributed by atoms with Gasteiger partial charge in [-0.2, -0.15) is 4.98 Å². The Bertz CT molecular complexity index is 286. The van der Waals surface area contributed by atoms with Crippen LogP contribution >= 0.6 is 0 Å². The number of hydrogen-bond donors (Lipinski definition) is 1. The van der Waals surface area contributed by atoms with Crippen LogP contribution in [-0.4, -0.2) is 29.9 Å². The molecule has 0 spiro atoms. The first-order valence-corrected chi connectivity index (χ1v) is 5.01. The maximum absolute atomic E-state index is 5.32. The van der Waals surface area contributed by atoms with Crippen LogP contribution in [0.15, 0.2) is 17.2 Å². The maximum atomic E-state index is 5.32. The molecule has 0 radical (unpaired) electrons. The smallest absolute Gasteiger partial charge is 0.223 e. The summed E-state index contributed by atoms with van der Waals surface area (Å²) in [5.74, 6) is 1.27. The van der Waals surface area contributed by atoms with Gasteiger partial charge in [-0.25, -0.2) is 0 Å². The van der Waals surface area contributed by atoms with Gasteiger partial charge in [0, 0.05) is 13.5 Å². The van der Waals surface area contributed by atoms with E-state index in [0.29, 0.717) is 24.9 Å². The molecule has 0 amide bonds. The molecule has 0 fully saturated rings. The van der Waals surface area contributed by atoms with Crippen molar-refractivity contribution in [2.45, 2.75) is 19.9 Å². The molecule has 1 aromatic heterocycles. The highest BCUT2D eigenvalue weighted by molar-refractivity contribution is 4.82. The van der Waals surface area contributed by atoms with E-state index >= 15 is 0 Å². The number of aromatic nitrogens is 2. The van der Waals surface area contributed by atoms with Crippen molar-refractivity contribution in [3.63, 3.8) is 0 Å². The zero-order valence-electron chi connectivity index (χ0n) is 9.03. The van der Waals surface area contributed by atoms with Gasteiger partial charge in [-0.3, -0.25) is 0 Å². The van der Waals surface area contributed by atoms with Crippen LogP contribution in [0.4, 0.5) is 0 Å². The first-order chi connectivity index (χ1) is 7.33. The second-order valence-electron chi connectivity index (χ2n) is 3.10. The molecule has 15 heavy (non-hydrogen) atoms. The molecule has 84 valence electrons. The molecule has 0 saturated carbocycles. The molecule has 1 rings (SSSR count). The first kappa shape index (κ1) is 11.9. The molecule has 0 aliphatic heterocycles. The van der Waals surface area contributed by atoms with E-state index in [0.717, 1.165) is 19.6 Å². The van der Waals surface area contributed by atoms with Gasteiger partial charge >= 0.3 is 0 Å². The van der Waals surface area contributed by atoms with Gasteiger partial charge in [0.2, 0.25) is 5.89 Å². The Kier molecular flexibility index (Phi) is 5.65. The highest BCUT2D eigenvalue weighted by Crippen LogP contribution is 1.93. The van der Waals surface area contributed by atoms with Gasteiger partial charge in [0.25, 0.3) is 0 Å². The van der Waals surface area contributed by atoms with Crippen LogP contribution in [0.3, 0.4) is 0 Å². The molecule has 1 aromatic rings. The lowest BCUT2D eigenvalue weighted by atomic mass is 10.4. The van der Waals surface area contributed by atoms with E-state index in [1.807, 2.05) is 6.08 Å². The summed E-state index contributed by atoms with van der Waals surface area (Å²) >= 11 is 0. The Morgan fingerprint density at radius 2 is 2.40 bits per heavy atom. The Morgan fingerprint density at radius 1 is 1.53 bits per heavy atom. The standard InChI is InChI=1S/C10H17N3O2/c1-3-4-6-14-7-5-11-8-10-12-9(2)15-13-10/h3,11H,1,4-8H2,2H3. The monoisotopic (exact) mass is 211 g/mol. The predicted octanol–water partition coefficient (Wildman–Crippen LogP) is 1.06. The van der Waals surface area contributed by atoms with Crippen LogP contribution in [0.25, 0.3) is 0 Å². The Hall–Kier alpha value is -1.20. The molecule has 0 atom stereocenters. The van der Waals surface area contributed by atoms with Crippen molar-refractivity contribution in [3.8, 4) is 0 Å². The number of rotatable bonds is 8. The summed E-state index contributed by atoms with van der Waals surface area (Å²) in [5.41, 5.74) is 0. The van der Waals surface area contributed by atoms with E-state index in [2.05, 4.69) is 22.0 Å². The zero-order chi connectivity index (χ0) is 10.9. The van der Waals surface area contributed by atoms with Gasteiger partial charge in [0.1, 0.15) is 0 Å². The molecular formula is C10H17N3O2. The van der Waals surface area contributed by atoms with Crippen molar-refractivity contribution in [1.82, 2.24) is 15.5 Å². The van der Waals surface area contributed by atoms with Gasteiger partial charge in [-0.05, 0) is 6.42 Å². The van der Waals surface area contributed by atoms with E-state index in [1.54, 1.807) is 6.92 Å². The number of ether oxygens (including phenoxy) is 1. The minimum absolute atomic E-state index is 0.592. The van der Waals surface area contributed by atoms with Crippen LogP contribution in [0, 0.1) is 6.92 Å². The highest BCUT2D eigenvalue weighted by atomic mass is 16.5. The van der Waals surface area contributed by atoms with Crippen LogP contribution in [0.2, 0.25) is 0 Å². The topological polar surface area (TPSA) is 60.2 Å². The maximum Gasteiger partial charge on any atom is 0.223 e. The van der Waals surface area contributed by atoms with Crippen molar-refractivity contribution in [2.24, 2.45) is 0 Å². The lowest BCUT2D eigenvalue weighted by Gasteiger charge is -2.02. The Balaban J connectivity index is 1.95. The summed E-state index contributed by atoms with van der Waals surface area (Å²) in [5, 5.41) is 6.92. The molecule has 0 unspecified atom stereocenters. The van der Waals surface area contributed by atoms with E-state index < -0.39 is 0 Å². The number of nitrogens with zero attached hydrogens (tertiary/aromatic N) is 2. The molecule has 0 saturated heterocycles. The second-order valence-corrected chi connectivity index (χ2v) is 3.10. The van der Waals surface area contributed by atoms with Gasteiger partial charge in [0.15, 0.2) is 5.82 Å².